The van der Waals surface area contributed by atoms with Crippen LogP contribution >= 0.6 is 0 Å². The summed E-state index contributed by atoms with van der Waals surface area (Å²) in [5.74, 6) is 2.14. The SMILES string of the molecule is CC(C)(C)c1nc(-c2cccc(-c3ccccc3)c2)nc(-c2ccc3c(c2)c2ccccc2n3-c2ccccc2)n1. The number of rotatable bonds is 4. The minimum atomic E-state index is -0.239. The molecule has 7 aromatic rings. The van der Waals surface area contributed by atoms with Gasteiger partial charge in [0.1, 0.15) is 5.82 Å². The molecule has 2 heterocycles. The lowest BCUT2D eigenvalue weighted by atomic mass is 9.95. The first-order valence-corrected chi connectivity index (χ1v) is 14.0. The van der Waals surface area contributed by atoms with E-state index in [1.54, 1.807) is 0 Å². The van der Waals surface area contributed by atoms with Crippen LogP contribution in [0, 0.1) is 0 Å². The molecule has 0 spiro atoms. The van der Waals surface area contributed by atoms with Crippen LogP contribution in [0.2, 0.25) is 0 Å². The molecule has 0 N–H and O–H groups in total. The molecule has 5 aromatic carbocycles. The molecule has 0 radical (unpaired) electrons. The molecule has 41 heavy (non-hydrogen) atoms. The van der Waals surface area contributed by atoms with Gasteiger partial charge in [0, 0.05) is 33.0 Å². The molecule has 0 bridgehead atoms. The largest absolute Gasteiger partial charge is 0.309 e. The van der Waals surface area contributed by atoms with Gasteiger partial charge >= 0.3 is 0 Å². The summed E-state index contributed by atoms with van der Waals surface area (Å²) in [6.07, 6.45) is 0. The number of fused-ring (bicyclic) bond motifs is 3. The van der Waals surface area contributed by atoms with E-state index in [9.17, 15) is 0 Å². The number of hydrogen-bond donors (Lipinski definition) is 0. The number of para-hydroxylation sites is 2. The molecule has 0 amide bonds. The van der Waals surface area contributed by atoms with Gasteiger partial charge in [-0.2, -0.15) is 0 Å². The van der Waals surface area contributed by atoms with Crippen LogP contribution < -0.4 is 0 Å². The summed E-state index contributed by atoms with van der Waals surface area (Å²) in [5.41, 5.74) is 7.48. The van der Waals surface area contributed by atoms with Crippen LogP contribution in [0.1, 0.15) is 26.6 Å². The summed E-state index contributed by atoms with van der Waals surface area (Å²) in [6.45, 7) is 6.44. The highest BCUT2D eigenvalue weighted by atomic mass is 15.0. The average molecular weight is 531 g/mol. The fraction of sp³-hybridized carbons (Fsp3) is 0.108. The second-order valence-electron chi connectivity index (χ2n) is 11.4. The lowest BCUT2D eigenvalue weighted by Crippen LogP contribution is -2.18. The van der Waals surface area contributed by atoms with E-state index in [4.69, 9.17) is 15.0 Å². The zero-order chi connectivity index (χ0) is 28.0. The lowest BCUT2D eigenvalue weighted by molar-refractivity contribution is 0.543. The van der Waals surface area contributed by atoms with Crippen LogP contribution in [-0.4, -0.2) is 19.5 Å². The van der Waals surface area contributed by atoms with E-state index in [0.29, 0.717) is 11.6 Å². The maximum absolute atomic E-state index is 5.05. The maximum atomic E-state index is 5.05. The van der Waals surface area contributed by atoms with Gasteiger partial charge in [-0.1, -0.05) is 106 Å². The van der Waals surface area contributed by atoms with Crippen LogP contribution in [0.5, 0.6) is 0 Å². The molecule has 0 aliphatic rings. The summed E-state index contributed by atoms with van der Waals surface area (Å²) >= 11 is 0. The van der Waals surface area contributed by atoms with Crippen molar-refractivity contribution in [3.8, 4) is 39.6 Å². The third-order valence-electron chi connectivity index (χ3n) is 7.48. The van der Waals surface area contributed by atoms with Crippen molar-refractivity contribution < 1.29 is 0 Å². The van der Waals surface area contributed by atoms with Crippen molar-refractivity contribution in [3.05, 3.63) is 133 Å². The second kappa shape index (κ2) is 9.83. The minimum Gasteiger partial charge on any atom is -0.309 e. The molecule has 0 saturated carbocycles. The molecule has 0 atom stereocenters. The molecule has 0 fully saturated rings. The van der Waals surface area contributed by atoms with Crippen molar-refractivity contribution in [2.75, 3.05) is 0 Å². The fourth-order valence-electron chi connectivity index (χ4n) is 5.41. The summed E-state index contributed by atoms with van der Waals surface area (Å²) in [4.78, 5) is 15.0. The van der Waals surface area contributed by atoms with Crippen LogP contribution in [0.4, 0.5) is 0 Å². The van der Waals surface area contributed by atoms with Gasteiger partial charge in [-0.25, -0.2) is 15.0 Å². The Morgan fingerprint density at radius 1 is 0.463 bits per heavy atom. The summed E-state index contributed by atoms with van der Waals surface area (Å²) in [6, 6.07) is 44.5. The highest BCUT2D eigenvalue weighted by Gasteiger charge is 2.22. The summed E-state index contributed by atoms with van der Waals surface area (Å²) in [5, 5.41) is 2.38. The smallest absolute Gasteiger partial charge is 0.163 e. The van der Waals surface area contributed by atoms with Gasteiger partial charge in [0.25, 0.3) is 0 Å². The third kappa shape index (κ3) is 4.57. The van der Waals surface area contributed by atoms with E-state index >= 15 is 0 Å². The Kier molecular flexibility index (Phi) is 5.97. The zero-order valence-electron chi connectivity index (χ0n) is 23.4. The Morgan fingerprint density at radius 2 is 1.05 bits per heavy atom. The Labute approximate surface area is 240 Å². The second-order valence-corrected chi connectivity index (χ2v) is 11.4. The molecule has 4 nitrogen and oxygen atoms in total. The van der Waals surface area contributed by atoms with Crippen molar-refractivity contribution in [1.29, 1.82) is 0 Å². The molecule has 4 heteroatoms. The molecule has 0 unspecified atom stereocenters. The summed E-state index contributed by atoms with van der Waals surface area (Å²) < 4.78 is 2.32. The highest BCUT2D eigenvalue weighted by molar-refractivity contribution is 6.10. The Bertz CT molecular complexity index is 2020. The summed E-state index contributed by atoms with van der Waals surface area (Å²) in [7, 11) is 0. The Morgan fingerprint density at radius 3 is 1.78 bits per heavy atom. The predicted octanol–water partition coefficient (Wildman–Crippen LogP) is 9.27. The van der Waals surface area contributed by atoms with Crippen molar-refractivity contribution in [2.24, 2.45) is 0 Å². The molecule has 0 aliphatic heterocycles. The molecule has 0 saturated heterocycles. The zero-order valence-corrected chi connectivity index (χ0v) is 23.4. The molecule has 2 aromatic heterocycles. The van der Waals surface area contributed by atoms with E-state index in [-0.39, 0.29) is 5.41 Å². The van der Waals surface area contributed by atoms with E-state index in [1.165, 1.54) is 21.9 Å². The molecule has 7 rings (SSSR count). The fourth-order valence-corrected chi connectivity index (χ4v) is 5.41. The normalized spacial score (nSPS) is 11.8. The van der Waals surface area contributed by atoms with Gasteiger partial charge in [0.15, 0.2) is 11.6 Å². The number of aromatic nitrogens is 4. The van der Waals surface area contributed by atoms with Crippen LogP contribution in [0.25, 0.3) is 61.4 Å². The molecule has 198 valence electrons. The number of benzene rings is 5. The van der Waals surface area contributed by atoms with E-state index in [2.05, 4.69) is 147 Å². The first kappa shape index (κ1) is 24.9. The van der Waals surface area contributed by atoms with Gasteiger partial charge in [-0.3, -0.25) is 0 Å². The Balaban J connectivity index is 1.41. The standard InChI is InChI=1S/C37H30N4/c1-37(2,3)36-39-34(27-16-12-15-26(23-27)25-13-6-4-7-14-25)38-35(40-36)28-21-22-33-31(24-28)30-19-10-11-20-32(30)41(33)29-17-8-5-9-18-29/h4-24H,1-3H3. The van der Waals surface area contributed by atoms with Gasteiger partial charge in [0.05, 0.1) is 11.0 Å². The monoisotopic (exact) mass is 530 g/mol. The molecular formula is C37H30N4. The Hall–Kier alpha value is -5.09. The van der Waals surface area contributed by atoms with Crippen LogP contribution in [-0.2, 0) is 5.41 Å². The van der Waals surface area contributed by atoms with E-state index in [0.717, 1.165) is 33.7 Å². The molecular weight excluding hydrogens is 500 g/mol. The first-order valence-electron chi connectivity index (χ1n) is 14.0. The van der Waals surface area contributed by atoms with Gasteiger partial charge in [0.2, 0.25) is 0 Å². The van der Waals surface area contributed by atoms with Crippen molar-refractivity contribution in [1.82, 2.24) is 19.5 Å². The van der Waals surface area contributed by atoms with Crippen molar-refractivity contribution in [2.45, 2.75) is 26.2 Å². The van der Waals surface area contributed by atoms with Crippen LogP contribution in [0.3, 0.4) is 0 Å². The third-order valence-corrected chi connectivity index (χ3v) is 7.48. The van der Waals surface area contributed by atoms with Crippen LogP contribution in [0.15, 0.2) is 127 Å². The highest BCUT2D eigenvalue weighted by Crippen LogP contribution is 2.35. The number of nitrogens with zero attached hydrogens (tertiary/aromatic N) is 4. The van der Waals surface area contributed by atoms with Gasteiger partial charge in [-0.05, 0) is 53.6 Å². The average Bonchev–Trinajstić information content (AvgIpc) is 3.35. The predicted molar refractivity (Wildman–Crippen MR) is 169 cm³/mol. The first-order chi connectivity index (χ1) is 20.0. The van der Waals surface area contributed by atoms with Crippen molar-refractivity contribution >= 4 is 21.8 Å². The topological polar surface area (TPSA) is 43.6 Å². The maximum Gasteiger partial charge on any atom is 0.163 e. The van der Waals surface area contributed by atoms with Gasteiger partial charge < -0.3 is 4.57 Å². The van der Waals surface area contributed by atoms with E-state index in [1.807, 2.05) is 6.07 Å². The lowest BCUT2D eigenvalue weighted by Gasteiger charge is -2.18. The van der Waals surface area contributed by atoms with Gasteiger partial charge in [-0.15, -0.1) is 0 Å². The number of hydrogen-bond acceptors (Lipinski definition) is 3. The van der Waals surface area contributed by atoms with Crippen molar-refractivity contribution in [3.63, 3.8) is 0 Å². The quantitative estimate of drug-likeness (QED) is 0.228. The van der Waals surface area contributed by atoms with E-state index < -0.39 is 0 Å². The molecule has 0 aliphatic carbocycles. The minimum absolute atomic E-state index is 0.239.